The van der Waals surface area contributed by atoms with E-state index in [2.05, 4.69) is 35.6 Å². The molecule has 3 nitrogen and oxygen atoms in total. The minimum absolute atomic E-state index is 0.260. The van der Waals surface area contributed by atoms with Gasteiger partial charge in [0, 0.05) is 4.47 Å². The van der Waals surface area contributed by atoms with Gasteiger partial charge in [-0.05, 0) is 51.2 Å². The van der Waals surface area contributed by atoms with Gasteiger partial charge >= 0.3 is 5.97 Å². The predicted octanol–water partition coefficient (Wildman–Crippen LogP) is 4.54. The van der Waals surface area contributed by atoms with Crippen molar-refractivity contribution in [2.24, 2.45) is 5.41 Å². The SMILES string of the molecule is COC(=O)C(C)(C)C(O[Si](C)(C)C)c1ccc(Br)cc1. The Balaban J connectivity index is 3.21. The average molecular weight is 359 g/mol. The van der Waals surface area contributed by atoms with Crippen LogP contribution in [0.4, 0.5) is 0 Å². The quantitative estimate of drug-likeness (QED) is 0.572. The van der Waals surface area contributed by atoms with Gasteiger partial charge in [0.25, 0.3) is 0 Å². The van der Waals surface area contributed by atoms with Gasteiger partial charge < -0.3 is 9.16 Å². The van der Waals surface area contributed by atoms with Crippen molar-refractivity contribution < 1.29 is 14.0 Å². The first-order chi connectivity index (χ1) is 9.08. The number of carbonyl (C=O) groups is 1. The molecule has 0 saturated heterocycles. The van der Waals surface area contributed by atoms with Crippen LogP contribution >= 0.6 is 15.9 Å². The molecule has 112 valence electrons. The van der Waals surface area contributed by atoms with Crippen molar-refractivity contribution in [2.45, 2.75) is 39.6 Å². The summed E-state index contributed by atoms with van der Waals surface area (Å²) in [4.78, 5) is 12.1. The van der Waals surface area contributed by atoms with E-state index in [9.17, 15) is 4.79 Å². The largest absolute Gasteiger partial charge is 0.469 e. The second-order valence-electron chi connectivity index (χ2n) is 6.38. The Morgan fingerprint density at radius 2 is 1.70 bits per heavy atom. The molecule has 0 amide bonds. The molecule has 0 aliphatic heterocycles. The summed E-state index contributed by atoms with van der Waals surface area (Å²) in [6.07, 6.45) is -0.310. The van der Waals surface area contributed by atoms with Crippen molar-refractivity contribution in [2.75, 3.05) is 7.11 Å². The number of hydrogen-bond acceptors (Lipinski definition) is 3. The molecule has 1 aromatic carbocycles. The first-order valence-corrected chi connectivity index (χ1v) is 10.8. The maximum atomic E-state index is 12.1. The normalized spacial score (nSPS) is 13.9. The number of benzene rings is 1. The lowest BCUT2D eigenvalue weighted by Gasteiger charge is -2.36. The maximum absolute atomic E-state index is 12.1. The van der Waals surface area contributed by atoms with E-state index in [0.29, 0.717) is 0 Å². The van der Waals surface area contributed by atoms with Crippen LogP contribution in [0, 0.1) is 5.41 Å². The smallest absolute Gasteiger partial charge is 0.314 e. The minimum atomic E-state index is -1.80. The summed E-state index contributed by atoms with van der Waals surface area (Å²) in [6, 6.07) is 7.89. The molecule has 0 aliphatic carbocycles. The molecule has 0 heterocycles. The highest BCUT2D eigenvalue weighted by molar-refractivity contribution is 9.10. The van der Waals surface area contributed by atoms with Crippen LogP contribution in [0.1, 0.15) is 25.5 Å². The molecule has 5 heteroatoms. The Labute approximate surface area is 130 Å². The number of rotatable bonds is 5. The van der Waals surface area contributed by atoms with E-state index in [1.54, 1.807) is 0 Å². The van der Waals surface area contributed by atoms with Gasteiger partial charge in [-0.25, -0.2) is 0 Å². The van der Waals surface area contributed by atoms with Crippen LogP contribution in [-0.4, -0.2) is 21.4 Å². The zero-order valence-electron chi connectivity index (χ0n) is 13.0. The molecule has 20 heavy (non-hydrogen) atoms. The van der Waals surface area contributed by atoms with Gasteiger partial charge in [-0.15, -0.1) is 0 Å². The van der Waals surface area contributed by atoms with Gasteiger partial charge in [0.2, 0.25) is 0 Å². The molecule has 1 atom stereocenters. The standard InChI is InChI=1S/C15H23BrO3Si/c1-15(2,14(17)18-3)13(19-20(4,5)6)11-7-9-12(16)10-8-11/h7-10,13H,1-6H3. The number of ether oxygens (including phenoxy) is 1. The van der Waals surface area contributed by atoms with E-state index in [1.165, 1.54) is 7.11 Å². The van der Waals surface area contributed by atoms with Gasteiger partial charge in [-0.1, -0.05) is 28.1 Å². The van der Waals surface area contributed by atoms with Crippen molar-refractivity contribution in [3.05, 3.63) is 34.3 Å². The highest BCUT2D eigenvalue weighted by atomic mass is 79.9. The maximum Gasteiger partial charge on any atom is 0.314 e. The van der Waals surface area contributed by atoms with Crippen LogP contribution in [0.15, 0.2) is 28.7 Å². The van der Waals surface area contributed by atoms with Crippen LogP contribution in [0.25, 0.3) is 0 Å². The molecule has 0 aromatic heterocycles. The van der Waals surface area contributed by atoms with Gasteiger partial charge in [0.15, 0.2) is 8.32 Å². The molecule has 1 unspecified atom stereocenters. The molecule has 0 fully saturated rings. The predicted molar refractivity (Wildman–Crippen MR) is 87.1 cm³/mol. The zero-order chi connectivity index (χ0) is 15.6. The molecular weight excluding hydrogens is 336 g/mol. The van der Waals surface area contributed by atoms with E-state index in [4.69, 9.17) is 9.16 Å². The summed E-state index contributed by atoms with van der Waals surface area (Å²) in [5.41, 5.74) is 0.258. The topological polar surface area (TPSA) is 35.5 Å². The fourth-order valence-corrected chi connectivity index (χ4v) is 3.40. The Bertz CT molecular complexity index is 463. The molecule has 1 aromatic rings. The second kappa shape index (κ2) is 6.41. The summed E-state index contributed by atoms with van der Waals surface area (Å²) < 4.78 is 12.2. The van der Waals surface area contributed by atoms with Crippen LogP contribution in [0.2, 0.25) is 19.6 Å². The molecule has 0 N–H and O–H groups in total. The summed E-state index contributed by atoms with van der Waals surface area (Å²) in [5.74, 6) is -0.260. The Hall–Kier alpha value is -0.653. The first-order valence-electron chi connectivity index (χ1n) is 6.59. The summed E-state index contributed by atoms with van der Waals surface area (Å²) >= 11 is 3.43. The number of hydrogen-bond donors (Lipinski definition) is 0. The van der Waals surface area contributed by atoms with Crippen molar-refractivity contribution in [1.29, 1.82) is 0 Å². The van der Waals surface area contributed by atoms with Crippen LogP contribution in [-0.2, 0) is 14.0 Å². The van der Waals surface area contributed by atoms with Crippen molar-refractivity contribution >= 4 is 30.2 Å². The van der Waals surface area contributed by atoms with E-state index >= 15 is 0 Å². The number of methoxy groups -OCH3 is 1. The van der Waals surface area contributed by atoms with Crippen molar-refractivity contribution in [3.63, 3.8) is 0 Å². The van der Waals surface area contributed by atoms with Gasteiger partial charge in [0.1, 0.15) is 0 Å². The molecule has 0 spiro atoms. The van der Waals surface area contributed by atoms with Gasteiger partial charge in [-0.3, -0.25) is 4.79 Å². The lowest BCUT2D eigenvalue weighted by molar-refractivity contribution is -0.156. The molecular formula is C15H23BrO3Si. The van der Waals surface area contributed by atoms with E-state index < -0.39 is 13.7 Å². The van der Waals surface area contributed by atoms with Gasteiger partial charge in [0.05, 0.1) is 18.6 Å². The Kier molecular flexibility index (Phi) is 5.58. The fraction of sp³-hybridized carbons (Fsp3) is 0.533. The van der Waals surface area contributed by atoms with Crippen molar-refractivity contribution in [1.82, 2.24) is 0 Å². The molecule has 1 rings (SSSR count). The summed E-state index contributed by atoms with van der Waals surface area (Å²) in [5, 5.41) is 0. The van der Waals surface area contributed by atoms with E-state index in [0.717, 1.165) is 10.0 Å². The highest BCUT2D eigenvalue weighted by Gasteiger charge is 2.41. The van der Waals surface area contributed by atoms with Gasteiger partial charge in [-0.2, -0.15) is 0 Å². The molecule has 0 saturated carbocycles. The number of esters is 1. The number of carbonyl (C=O) groups excluding carboxylic acids is 1. The average Bonchev–Trinajstić information content (AvgIpc) is 2.35. The molecule has 0 aliphatic rings. The molecule has 0 bridgehead atoms. The third kappa shape index (κ3) is 4.43. The summed E-state index contributed by atoms with van der Waals surface area (Å²) in [7, 11) is -0.391. The van der Waals surface area contributed by atoms with Crippen LogP contribution < -0.4 is 0 Å². The Morgan fingerprint density at radius 1 is 1.20 bits per heavy atom. The second-order valence-corrected chi connectivity index (χ2v) is 11.8. The highest BCUT2D eigenvalue weighted by Crippen LogP contribution is 2.39. The lowest BCUT2D eigenvalue weighted by atomic mass is 9.83. The fourth-order valence-electron chi connectivity index (χ4n) is 1.99. The summed E-state index contributed by atoms with van der Waals surface area (Å²) in [6.45, 7) is 10.1. The number of halogens is 1. The van der Waals surface area contributed by atoms with E-state index in [1.807, 2.05) is 38.1 Å². The third-order valence-corrected chi connectivity index (χ3v) is 4.48. The van der Waals surface area contributed by atoms with E-state index in [-0.39, 0.29) is 12.1 Å². The van der Waals surface area contributed by atoms with Crippen molar-refractivity contribution in [3.8, 4) is 0 Å². The first kappa shape index (κ1) is 17.4. The zero-order valence-corrected chi connectivity index (χ0v) is 15.6. The molecule has 0 radical (unpaired) electrons. The Morgan fingerprint density at radius 3 is 2.10 bits per heavy atom. The monoisotopic (exact) mass is 358 g/mol. The minimum Gasteiger partial charge on any atom is -0.469 e. The lowest BCUT2D eigenvalue weighted by Crippen LogP contribution is -2.39. The third-order valence-electron chi connectivity index (χ3n) is 3.01. The van der Waals surface area contributed by atoms with Crippen LogP contribution in [0.3, 0.4) is 0 Å². The van der Waals surface area contributed by atoms with Crippen LogP contribution in [0.5, 0.6) is 0 Å².